The van der Waals surface area contributed by atoms with Crippen LogP contribution in [-0.4, -0.2) is 24.3 Å². The minimum absolute atomic E-state index is 0.0327. The highest BCUT2D eigenvalue weighted by Gasteiger charge is 2.27. The van der Waals surface area contributed by atoms with Crippen LogP contribution in [0.25, 0.3) is 33.4 Å². The van der Waals surface area contributed by atoms with Crippen LogP contribution in [-0.2, 0) is 0 Å². The van der Waals surface area contributed by atoms with E-state index in [1.807, 2.05) is 20.8 Å². The summed E-state index contributed by atoms with van der Waals surface area (Å²) in [6.07, 6.45) is 0.123. The maximum absolute atomic E-state index is 16.2. The van der Waals surface area contributed by atoms with E-state index in [1.165, 1.54) is 37.4 Å². The molecule has 0 saturated heterocycles. The van der Waals surface area contributed by atoms with Crippen LogP contribution in [0, 0.1) is 11.6 Å². The first-order valence-corrected chi connectivity index (χ1v) is 11.6. The Morgan fingerprint density at radius 2 is 1.67 bits per heavy atom. The molecule has 0 unspecified atom stereocenters. The standard InChI is InChI=1S/C29H27F2NO4/c1-6-21(33)24-25-23(36-27(24)16-7-10-18(30)11-8-16)14-12-19(26(25)31)20-15-17(9-13-22(20)35-5)28(34)32-29(2,3)4/h7-15H,6H2,1-5H3,(H,32,34). The van der Waals surface area contributed by atoms with Crippen molar-refractivity contribution in [3.63, 3.8) is 0 Å². The Kier molecular flexibility index (Phi) is 6.67. The van der Waals surface area contributed by atoms with E-state index in [-0.39, 0.29) is 46.0 Å². The third-order valence-electron chi connectivity index (χ3n) is 5.74. The minimum atomic E-state index is -0.673. The second kappa shape index (κ2) is 9.57. The summed E-state index contributed by atoms with van der Waals surface area (Å²) in [4.78, 5) is 25.7. The average Bonchev–Trinajstić information content (AvgIpc) is 3.23. The highest BCUT2D eigenvalue weighted by Crippen LogP contribution is 2.41. The molecule has 0 bridgehead atoms. The molecule has 4 rings (SSSR count). The van der Waals surface area contributed by atoms with Crippen LogP contribution in [0.5, 0.6) is 5.75 Å². The van der Waals surface area contributed by atoms with Crippen molar-refractivity contribution in [2.45, 2.75) is 39.7 Å². The van der Waals surface area contributed by atoms with Gasteiger partial charge < -0.3 is 14.5 Å². The highest BCUT2D eigenvalue weighted by atomic mass is 19.1. The number of fused-ring (bicyclic) bond motifs is 1. The fourth-order valence-corrected chi connectivity index (χ4v) is 4.08. The lowest BCUT2D eigenvalue weighted by molar-refractivity contribution is 0.0918. The maximum atomic E-state index is 16.2. The Labute approximate surface area is 208 Å². The van der Waals surface area contributed by atoms with Crippen LogP contribution in [0.3, 0.4) is 0 Å². The van der Waals surface area contributed by atoms with Gasteiger partial charge in [0.15, 0.2) is 5.78 Å². The van der Waals surface area contributed by atoms with E-state index in [9.17, 15) is 14.0 Å². The number of benzene rings is 3. The Hall–Kier alpha value is -4.00. The lowest BCUT2D eigenvalue weighted by Crippen LogP contribution is -2.40. The monoisotopic (exact) mass is 491 g/mol. The molecule has 36 heavy (non-hydrogen) atoms. The van der Waals surface area contributed by atoms with Crippen LogP contribution >= 0.6 is 0 Å². The van der Waals surface area contributed by atoms with Crippen molar-refractivity contribution in [1.29, 1.82) is 0 Å². The third kappa shape index (κ3) is 4.73. The van der Waals surface area contributed by atoms with Crippen LogP contribution in [0.1, 0.15) is 54.8 Å². The fraction of sp³-hybridized carbons (Fsp3) is 0.241. The Morgan fingerprint density at radius 1 is 0.972 bits per heavy atom. The topological polar surface area (TPSA) is 68.5 Å². The molecular formula is C29H27F2NO4. The van der Waals surface area contributed by atoms with E-state index in [2.05, 4.69) is 5.32 Å². The Morgan fingerprint density at radius 3 is 2.28 bits per heavy atom. The molecule has 0 aliphatic heterocycles. The zero-order valence-electron chi connectivity index (χ0n) is 20.8. The lowest BCUT2D eigenvalue weighted by Gasteiger charge is -2.21. The number of ether oxygens (including phenoxy) is 1. The molecule has 0 radical (unpaired) electrons. The van der Waals surface area contributed by atoms with Crippen molar-refractivity contribution < 1.29 is 27.5 Å². The molecule has 1 aromatic heterocycles. The van der Waals surface area contributed by atoms with Gasteiger partial charge in [-0.05, 0) is 75.4 Å². The summed E-state index contributed by atoms with van der Waals surface area (Å²) < 4.78 is 41.1. The lowest BCUT2D eigenvalue weighted by atomic mass is 9.95. The summed E-state index contributed by atoms with van der Waals surface area (Å²) in [5.74, 6) is -1.18. The molecule has 1 amide bonds. The van der Waals surface area contributed by atoms with Crippen LogP contribution in [0.2, 0.25) is 0 Å². The van der Waals surface area contributed by atoms with Gasteiger partial charge in [-0.2, -0.15) is 0 Å². The summed E-state index contributed by atoms with van der Waals surface area (Å²) in [5.41, 5.74) is 1.14. The number of halogens is 2. The second-order valence-corrected chi connectivity index (χ2v) is 9.51. The van der Waals surface area contributed by atoms with E-state index >= 15 is 4.39 Å². The van der Waals surface area contributed by atoms with Gasteiger partial charge in [0, 0.05) is 34.2 Å². The average molecular weight is 492 g/mol. The number of carbonyl (C=O) groups is 2. The van der Waals surface area contributed by atoms with Crippen LogP contribution < -0.4 is 10.1 Å². The van der Waals surface area contributed by atoms with Gasteiger partial charge in [-0.3, -0.25) is 9.59 Å². The molecule has 0 aliphatic carbocycles. The van der Waals surface area contributed by atoms with E-state index < -0.39 is 17.2 Å². The number of nitrogens with one attached hydrogen (secondary N) is 1. The molecule has 1 heterocycles. The summed E-state index contributed by atoms with van der Waals surface area (Å²) in [6, 6.07) is 13.4. The first-order chi connectivity index (χ1) is 17.0. The number of carbonyl (C=O) groups excluding carboxylic acids is 2. The van der Waals surface area contributed by atoms with E-state index in [1.54, 1.807) is 31.2 Å². The Balaban J connectivity index is 1.94. The first kappa shape index (κ1) is 25.1. The van der Waals surface area contributed by atoms with Crippen molar-refractivity contribution >= 4 is 22.7 Å². The van der Waals surface area contributed by atoms with Crippen LogP contribution in [0.4, 0.5) is 8.78 Å². The quantitative estimate of drug-likeness (QED) is 0.290. The van der Waals surface area contributed by atoms with Crippen molar-refractivity contribution in [2.24, 2.45) is 0 Å². The smallest absolute Gasteiger partial charge is 0.251 e. The summed E-state index contributed by atoms with van der Waals surface area (Å²) in [7, 11) is 1.46. The number of hydrogen-bond acceptors (Lipinski definition) is 4. The zero-order valence-corrected chi connectivity index (χ0v) is 20.8. The highest BCUT2D eigenvalue weighted by molar-refractivity contribution is 6.13. The van der Waals surface area contributed by atoms with Gasteiger partial charge in [0.25, 0.3) is 5.91 Å². The number of methoxy groups -OCH3 is 1. The summed E-state index contributed by atoms with van der Waals surface area (Å²) in [5, 5.41) is 2.93. The zero-order chi connectivity index (χ0) is 26.2. The van der Waals surface area contributed by atoms with Gasteiger partial charge in [-0.1, -0.05) is 6.92 Å². The van der Waals surface area contributed by atoms with E-state index in [0.29, 0.717) is 22.4 Å². The van der Waals surface area contributed by atoms with Gasteiger partial charge in [-0.25, -0.2) is 8.78 Å². The molecule has 5 nitrogen and oxygen atoms in total. The predicted molar refractivity (Wildman–Crippen MR) is 135 cm³/mol. The molecule has 1 N–H and O–H groups in total. The molecule has 0 atom stereocenters. The maximum Gasteiger partial charge on any atom is 0.251 e. The van der Waals surface area contributed by atoms with Gasteiger partial charge in [0.2, 0.25) is 0 Å². The normalized spacial score (nSPS) is 11.5. The molecule has 3 aromatic carbocycles. The minimum Gasteiger partial charge on any atom is -0.496 e. The Bertz CT molecular complexity index is 1460. The molecule has 186 valence electrons. The molecule has 0 aliphatic rings. The third-order valence-corrected chi connectivity index (χ3v) is 5.74. The SMILES string of the molecule is CCC(=O)c1c(-c2ccc(F)cc2)oc2ccc(-c3cc(C(=O)NC(C)(C)C)ccc3OC)c(F)c12. The largest absolute Gasteiger partial charge is 0.496 e. The van der Waals surface area contributed by atoms with E-state index in [0.717, 1.165) is 0 Å². The molecule has 4 aromatic rings. The molecular weight excluding hydrogens is 464 g/mol. The number of ketones is 1. The summed E-state index contributed by atoms with van der Waals surface area (Å²) in [6.45, 7) is 7.28. The van der Waals surface area contributed by atoms with Crippen LogP contribution in [0.15, 0.2) is 59.0 Å². The fourth-order valence-electron chi connectivity index (χ4n) is 4.08. The van der Waals surface area contributed by atoms with Gasteiger partial charge in [0.1, 0.15) is 28.7 Å². The van der Waals surface area contributed by atoms with Crippen molar-refractivity contribution in [3.8, 4) is 28.2 Å². The molecule has 0 spiro atoms. The molecule has 0 fully saturated rings. The van der Waals surface area contributed by atoms with Gasteiger partial charge in [-0.15, -0.1) is 0 Å². The second-order valence-electron chi connectivity index (χ2n) is 9.51. The number of furan rings is 1. The summed E-state index contributed by atoms with van der Waals surface area (Å²) >= 11 is 0. The number of hydrogen-bond donors (Lipinski definition) is 1. The number of rotatable bonds is 6. The van der Waals surface area contributed by atoms with Gasteiger partial charge >= 0.3 is 0 Å². The van der Waals surface area contributed by atoms with E-state index in [4.69, 9.17) is 9.15 Å². The molecule has 0 saturated carbocycles. The van der Waals surface area contributed by atoms with Crippen molar-refractivity contribution in [3.05, 3.63) is 77.4 Å². The van der Waals surface area contributed by atoms with Crippen molar-refractivity contribution in [1.82, 2.24) is 5.32 Å². The molecule has 7 heteroatoms. The number of Topliss-reactive ketones (excluding diaryl/α,β-unsaturated/α-hetero) is 1. The first-order valence-electron chi connectivity index (χ1n) is 11.6. The predicted octanol–water partition coefficient (Wildman–Crippen LogP) is 7.17. The van der Waals surface area contributed by atoms with Gasteiger partial charge in [0.05, 0.1) is 18.1 Å². The van der Waals surface area contributed by atoms with Crippen molar-refractivity contribution in [2.75, 3.05) is 7.11 Å². The number of amides is 1.